The second-order valence-corrected chi connectivity index (χ2v) is 8.25. The normalized spacial score (nSPS) is 18.6. The molecular formula is C17H27N3O4S. The number of piperazine rings is 1. The summed E-state index contributed by atoms with van der Waals surface area (Å²) < 4.78 is 31.9. The van der Waals surface area contributed by atoms with E-state index < -0.39 is 16.1 Å². The number of methoxy groups -OCH3 is 1. The van der Waals surface area contributed by atoms with Crippen LogP contribution in [0.4, 0.5) is 0 Å². The Kier molecular flexibility index (Phi) is 6.42. The molecule has 0 aromatic heterocycles. The van der Waals surface area contributed by atoms with E-state index in [1.165, 1.54) is 23.5 Å². The van der Waals surface area contributed by atoms with Crippen LogP contribution in [0, 0.1) is 5.92 Å². The van der Waals surface area contributed by atoms with Crippen molar-refractivity contribution in [2.45, 2.75) is 31.2 Å². The van der Waals surface area contributed by atoms with E-state index >= 15 is 0 Å². The van der Waals surface area contributed by atoms with Gasteiger partial charge in [0.25, 0.3) is 0 Å². The maximum absolute atomic E-state index is 12.7. The van der Waals surface area contributed by atoms with Crippen LogP contribution in [0.25, 0.3) is 0 Å². The Bertz CT molecular complexity index is 682. The number of sulfonamides is 1. The SMILES string of the molecule is CCC(C)C(N)C(=O)N1CCN(S(=O)(=O)c2ccc(OC)cc2)CC1. The van der Waals surface area contributed by atoms with Gasteiger partial charge in [0.2, 0.25) is 15.9 Å². The first kappa shape index (κ1) is 19.7. The van der Waals surface area contributed by atoms with E-state index in [1.54, 1.807) is 17.0 Å². The van der Waals surface area contributed by atoms with Crippen LogP contribution >= 0.6 is 0 Å². The second kappa shape index (κ2) is 8.16. The fraction of sp³-hybridized carbons (Fsp3) is 0.588. The summed E-state index contributed by atoms with van der Waals surface area (Å²) in [6.07, 6.45) is 0.832. The molecule has 8 heteroatoms. The number of hydrogen-bond acceptors (Lipinski definition) is 5. The lowest BCUT2D eigenvalue weighted by atomic mass is 9.99. The first-order chi connectivity index (χ1) is 11.8. The Morgan fingerprint density at radius 2 is 1.76 bits per heavy atom. The molecule has 1 heterocycles. The smallest absolute Gasteiger partial charge is 0.243 e. The molecule has 25 heavy (non-hydrogen) atoms. The molecule has 2 atom stereocenters. The van der Waals surface area contributed by atoms with Gasteiger partial charge in [0.15, 0.2) is 0 Å². The Morgan fingerprint density at radius 3 is 2.24 bits per heavy atom. The fourth-order valence-electron chi connectivity index (χ4n) is 2.75. The van der Waals surface area contributed by atoms with Crippen LogP contribution in [0.2, 0.25) is 0 Å². The first-order valence-corrected chi connectivity index (χ1v) is 9.93. The van der Waals surface area contributed by atoms with Crippen molar-refractivity contribution >= 4 is 15.9 Å². The summed E-state index contributed by atoms with van der Waals surface area (Å²) in [6, 6.07) is 5.78. The number of rotatable bonds is 6. The summed E-state index contributed by atoms with van der Waals surface area (Å²) in [5.74, 6) is 0.609. The van der Waals surface area contributed by atoms with Crippen LogP contribution < -0.4 is 10.5 Å². The van der Waals surface area contributed by atoms with Gasteiger partial charge >= 0.3 is 0 Å². The summed E-state index contributed by atoms with van der Waals surface area (Å²) in [5.41, 5.74) is 6.01. The zero-order valence-corrected chi connectivity index (χ0v) is 15.8. The molecule has 2 unspecified atom stereocenters. The molecule has 1 aromatic rings. The molecular weight excluding hydrogens is 342 g/mol. The van der Waals surface area contributed by atoms with E-state index in [9.17, 15) is 13.2 Å². The molecule has 0 spiro atoms. The molecule has 7 nitrogen and oxygen atoms in total. The van der Waals surface area contributed by atoms with E-state index in [0.717, 1.165) is 6.42 Å². The van der Waals surface area contributed by atoms with E-state index in [1.807, 2.05) is 13.8 Å². The average molecular weight is 369 g/mol. The van der Waals surface area contributed by atoms with Gasteiger partial charge in [-0.05, 0) is 30.2 Å². The molecule has 140 valence electrons. The molecule has 1 fully saturated rings. The molecule has 1 aliphatic heterocycles. The molecule has 0 aliphatic carbocycles. The van der Waals surface area contributed by atoms with Gasteiger partial charge < -0.3 is 15.4 Å². The monoisotopic (exact) mass is 369 g/mol. The van der Waals surface area contributed by atoms with Crippen molar-refractivity contribution < 1.29 is 17.9 Å². The van der Waals surface area contributed by atoms with Gasteiger partial charge in [0.05, 0.1) is 18.0 Å². The van der Waals surface area contributed by atoms with Crippen molar-refractivity contribution in [3.63, 3.8) is 0 Å². The van der Waals surface area contributed by atoms with Gasteiger partial charge in [-0.15, -0.1) is 0 Å². The van der Waals surface area contributed by atoms with Crippen LogP contribution in [0.15, 0.2) is 29.2 Å². The molecule has 1 amide bonds. The van der Waals surface area contributed by atoms with Gasteiger partial charge in [-0.2, -0.15) is 4.31 Å². The number of benzene rings is 1. The summed E-state index contributed by atoms with van der Waals surface area (Å²) in [7, 11) is -2.04. The standard InChI is InChI=1S/C17H27N3O4S/c1-4-13(2)16(18)17(21)19-9-11-20(12-10-19)25(22,23)15-7-5-14(24-3)6-8-15/h5-8,13,16H,4,9-12,18H2,1-3H3. The van der Waals surface area contributed by atoms with Crippen molar-refractivity contribution in [3.8, 4) is 5.75 Å². The van der Waals surface area contributed by atoms with Crippen molar-refractivity contribution in [3.05, 3.63) is 24.3 Å². The van der Waals surface area contributed by atoms with Crippen molar-refractivity contribution in [2.75, 3.05) is 33.3 Å². The molecule has 1 aromatic carbocycles. The van der Waals surface area contributed by atoms with E-state index in [4.69, 9.17) is 10.5 Å². The van der Waals surface area contributed by atoms with Gasteiger partial charge in [-0.1, -0.05) is 20.3 Å². The number of nitrogens with two attached hydrogens (primary N) is 1. The third-order valence-corrected chi connectivity index (χ3v) is 6.70. The number of carbonyl (C=O) groups is 1. The van der Waals surface area contributed by atoms with Gasteiger partial charge in [0.1, 0.15) is 5.75 Å². The highest BCUT2D eigenvalue weighted by molar-refractivity contribution is 7.89. The Balaban J connectivity index is 2.02. The Hall–Kier alpha value is -1.64. The highest BCUT2D eigenvalue weighted by Gasteiger charge is 2.32. The highest BCUT2D eigenvalue weighted by Crippen LogP contribution is 2.21. The zero-order chi connectivity index (χ0) is 18.6. The Morgan fingerprint density at radius 1 is 1.20 bits per heavy atom. The minimum atomic E-state index is -3.57. The minimum absolute atomic E-state index is 0.101. The van der Waals surface area contributed by atoms with Crippen LogP contribution in [0.1, 0.15) is 20.3 Å². The molecule has 2 rings (SSSR count). The average Bonchev–Trinajstić information content (AvgIpc) is 2.66. The van der Waals surface area contributed by atoms with Crippen molar-refractivity contribution in [1.82, 2.24) is 9.21 Å². The molecule has 2 N–H and O–H groups in total. The predicted octanol–water partition coefficient (Wildman–Crippen LogP) is 0.902. The van der Waals surface area contributed by atoms with Gasteiger partial charge in [-0.3, -0.25) is 4.79 Å². The maximum Gasteiger partial charge on any atom is 0.243 e. The lowest BCUT2D eigenvalue weighted by Crippen LogP contribution is -2.55. The molecule has 1 aliphatic rings. The van der Waals surface area contributed by atoms with Crippen LogP contribution in [0.3, 0.4) is 0 Å². The predicted molar refractivity (Wildman–Crippen MR) is 95.8 cm³/mol. The topological polar surface area (TPSA) is 92.9 Å². The van der Waals surface area contributed by atoms with E-state index in [0.29, 0.717) is 18.8 Å². The summed E-state index contributed by atoms with van der Waals surface area (Å²) in [6.45, 7) is 5.21. The first-order valence-electron chi connectivity index (χ1n) is 8.49. The van der Waals surface area contributed by atoms with E-state index in [2.05, 4.69) is 0 Å². The molecule has 0 bridgehead atoms. The summed E-state index contributed by atoms with van der Waals surface area (Å²) in [5, 5.41) is 0. The molecule has 1 saturated heterocycles. The van der Waals surface area contributed by atoms with Crippen LogP contribution in [0.5, 0.6) is 5.75 Å². The Labute approximate surface area is 149 Å². The largest absolute Gasteiger partial charge is 0.497 e. The van der Waals surface area contributed by atoms with Gasteiger partial charge in [-0.25, -0.2) is 8.42 Å². The fourth-order valence-corrected chi connectivity index (χ4v) is 4.18. The lowest BCUT2D eigenvalue weighted by molar-refractivity contribution is -0.134. The summed E-state index contributed by atoms with van der Waals surface area (Å²) in [4.78, 5) is 14.3. The third kappa shape index (κ3) is 4.31. The number of ether oxygens (including phenoxy) is 1. The lowest BCUT2D eigenvalue weighted by Gasteiger charge is -2.36. The molecule has 0 saturated carbocycles. The van der Waals surface area contributed by atoms with E-state index in [-0.39, 0.29) is 29.8 Å². The molecule has 0 radical (unpaired) electrons. The second-order valence-electron chi connectivity index (χ2n) is 6.32. The summed E-state index contributed by atoms with van der Waals surface area (Å²) >= 11 is 0. The van der Waals surface area contributed by atoms with Gasteiger partial charge in [0, 0.05) is 26.2 Å². The van der Waals surface area contributed by atoms with Crippen molar-refractivity contribution in [1.29, 1.82) is 0 Å². The number of nitrogens with zero attached hydrogens (tertiary/aromatic N) is 2. The maximum atomic E-state index is 12.7. The number of amides is 1. The zero-order valence-electron chi connectivity index (χ0n) is 15.0. The number of carbonyl (C=O) groups excluding carboxylic acids is 1. The van der Waals surface area contributed by atoms with Crippen LogP contribution in [-0.2, 0) is 14.8 Å². The third-order valence-electron chi connectivity index (χ3n) is 4.79. The highest BCUT2D eigenvalue weighted by atomic mass is 32.2. The minimum Gasteiger partial charge on any atom is -0.497 e. The number of hydrogen-bond donors (Lipinski definition) is 1. The van der Waals surface area contributed by atoms with Crippen molar-refractivity contribution in [2.24, 2.45) is 11.7 Å². The quantitative estimate of drug-likeness (QED) is 0.804. The van der Waals surface area contributed by atoms with Crippen LogP contribution in [-0.4, -0.2) is 62.9 Å².